The number of esters is 2. The molecule has 2 bridgehead atoms. The number of allylic oxidation sites excluding steroid dienone is 1. The zero-order valence-electron chi connectivity index (χ0n) is 28.2. The maximum Gasteiger partial charge on any atom is 0.344 e. The van der Waals surface area contributed by atoms with Crippen molar-refractivity contribution in [3.63, 3.8) is 0 Å². The van der Waals surface area contributed by atoms with Crippen LogP contribution < -0.4 is 0 Å². The first kappa shape index (κ1) is 39.3. The summed E-state index contributed by atoms with van der Waals surface area (Å²) in [6.07, 6.45) is -4.83. The monoisotopic (exact) mass is 699 g/mol. The largest absolute Gasteiger partial charge is 0.479 e. The molecular formula is C35H46O14. The number of benzene rings is 1. The van der Waals surface area contributed by atoms with Crippen molar-refractivity contribution in [2.24, 2.45) is 17.8 Å². The number of fused-ring (bicyclic) bond motifs is 2. The van der Waals surface area contributed by atoms with Gasteiger partial charge in [0.2, 0.25) is 23.1 Å². The van der Waals surface area contributed by atoms with Gasteiger partial charge >= 0.3 is 29.8 Å². The fourth-order valence-electron chi connectivity index (χ4n) is 6.58. The van der Waals surface area contributed by atoms with E-state index in [1.807, 2.05) is 51.1 Å². The van der Waals surface area contributed by atoms with E-state index in [9.17, 15) is 49.5 Å². The standard InChI is InChI=1S/C35H46O14/c1-7-19(2)17-20(3)13-14-25(37)47-28-27(38)33(48-29(30(39)40)34(45,31(41)42)35(28,49-33)32(43)44)16-15-21(4)26(46-23(6)36)22(5)18-24-11-9-8-10-12-24/h8-14,19-20,22,26-29,38,45H,4,7,15-18H2,1-3,5-6H3,(H,39,40)(H,41,42)(H,43,44)/b14-13+/t19-,20+,22+,26-,27+,28+,29+,33-,34+,35-/m0/s1/i7+1,13+1,15+1,17+1,23+1,25+1,26+1,28+1,33+1. The Morgan fingerprint density at radius 3 is 2.20 bits per heavy atom. The zero-order valence-corrected chi connectivity index (χ0v) is 28.2. The van der Waals surface area contributed by atoms with Crippen molar-refractivity contribution in [2.75, 3.05) is 0 Å². The molecular weight excluding hydrogens is 653 g/mol. The van der Waals surface area contributed by atoms with Crippen molar-refractivity contribution >= 4 is 29.8 Å². The Morgan fingerprint density at radius 2 is 1.67 bits per heavy atom. The Kier molecular flexibility index (Phi) is 12.5. The maximum absolute atomic E-state index is 13.0. The van der Waals surface area contributed by atoms with Crippen LogP contribution in [0.5, 0.6) is 0 Å². The molecule has 2 fully saturated rings. The number of hydrogen-bond donors (Lipinski definition) is 5. The normalized spacial score (nSPS) is 30.1. The van der Waals surface area contributed by atoms with Crippen LogP contribution in [-0.4, -0.2) is 96.8 Å². The number of carbonyl (C=O) groups excluding carboxylic acids is 2. The molecule has 0 saturated carbocycles. The summed E-state index contributed by atoms with van der Waals surface area (Å²) in [5, 5.41) is 53.5. The molecule has 0 spiro atoms. The third kappa shape index (κ3) is 7.88. The van der Waals surface area contributed by atoms with Crippen LogP contribution in [0.25, 0.3) is 0 Å². The van der Waals surface area contributed by atoms with Gasteiger partial charge in [-0.15, -0.1) is 0 Å². The van der Waals surface area contributed by atoms with Gasteiger partial charge in [0.15, 0.2) is 6.10 Å². The number of hydrogen-bond acceptors (Lipinski definition) is 11. The van der Waals surface area contributed by atoms with E-state index < -0.39 is 77.7 Å². The number of carboxylic acids is 3. The molecule has 2 heterocycles. The molecule has 14 nitrogen and oxygen atoms in total. The number of rotatable bonds is 17. The van der Waals surface area contributed by atoms with Crippen LogP contribution in [0.2, 0.25) is 0 Å². The molecule has 0 aliphatic carbocycles. The highest BCUT2D eigenvalue weighted by atomic mass is 16.9. The summed E-state index contributed by atoms with van der Waals surface area (Å²) in [4.78, 5) is 63.0. The van der Waals surface area contributed by atoms with Gasteiger partial charge in [-0.3, -0.25) is 4.79 Å². The van der Waals surface area contributed by atoms with Crippen LogP contribution in [-0.2, 0) is 49.3 Å². The van der Waals surface area contributed by atoms with Crippen LogP contribution in [0.15, 0.2) is 54.6 Å². The molecule has 0 amide bonds. The molecule has 3 rings (SSSR count). The fraction of sp³-hybridized carbons (Fsp3) is 0.571. The average Bonchev–Trinajstić information content (AvgIpc) is 3.25. The van der Waals surface area contributed by atoms with Gasteiger partial charge in [-0.25, -0.2) is 19.2 Å². The summed E-state index contributed by atoms with van der Waals surface area (Å²) in [5.41, 5.74) is -6.27. The second kappa shape index (κ2) is 15.6. The summed E-state index contributed by atoms with van der Waals surface area (Å²) in [5.74, 6) is -11.3. The van der Waals surface area contributed by atoms with Crippen LogP contribution in [0.1, 0.15) is 65.9 Å². The number of aliphatic hydroxyl groups is 2. The molecule has 49 heavy (non-hydrogen) atoms. The highest BCUT2D eigenvalue weighted by Crippen LogP contribution is 2.56. The Bertz CT molecular complexity index is 1440. The van der Waals surface area contributed by atoms with E-state index in [0.29, 0.717) is 18.8 Å². The van der Waals surface area contributed by atoms with Crippen molar-refractivity contribution in [3.8, 4) is 0 Å². The van der Waals surface area contributed by atoms with Crippen LogP contribution in [0, 0.1) is 17.8 Å². The number of ether oxygens (including phenoxy) is 4. The van der Waals surface area contributed by atoms with Gasteiger partial charge in [0.1, 0.15) is 12.2 Å². The van der Waals surface area contributed by atoms with E-state index in [2.05, 4.69) is 6.58 Å². The second-order valence-electron chi connectivity index (χ2n) is 13.1. The Hall–Kier alpha value is -4.11. The van der Waals surface area contributed by atoms with Crippen molar-refractivity contribution in [1.29, 1.82) is 0 Å². The zero-order chi connectivity index (χ0) is 36.9. The number of carbonyl (C=O) groups is 5. The molecule has 0 unspecified atom stereocenters. The van der Waals surface area contributed by atoms with Crippen molar-refractivity contribution < 1.29 is 68.5 Å². The predicted molar refractivity (Wildman–Crippen MR) is 171 cm³/mol. The molecule has 0 aromatic heterocycles. The van der Waals surface area contributed by atoms with E-state index in [1.165, 1.54) is 13.0 Å². The lowest BCUT2D eigenvalue weighted by Gasteiger charge is -2.48. The van der Waals surface area contributed by atoms with E-state index in [0.717, 1.165) is 18.1 Å². The van der Waals surface area contributed by atoms with E-state index in [-0.39, 0.29) is 23.8 Å². The number of carboxylic acid groups (broad SMARTS) is 3. The maximum atomic E-state index is 13.0. The highest BCUT2D eigenvalue weighted by Gasteiger charge is 2.85. The van der Waals surface area contributed by atoms with Gasteiger partial charge in [0.05, 0.1) is 0 Å². The minimum absolute atomic E-state index is 0.123. The van der Waals surface area contributed by atoms with Gasteiger partial charge in [-0.1, -0.05) is 77.1 Å². The molecule has 5 N–H and O–H groups in total. The smallest absolute Gasteiger partial charge is 0.344 e. The van der Waals surface area contributed by atoms with Crippen LogP contribution in [0.4, 0.5) is 0 Å². The fourth-order valence-corrected chi connectivity index (χ4v) is 6.58. The summed E-state index contributed by atoms with van der Waals surface area (Å²) < 4.78 is 22.0. The van der Waals surface area contributed by atoms with Crippen LogP contribution >= 0.6 is 0 Å². The van der Waals surface area contributed by atoms with Gasteiger partial charge in [-0.05, 0) is 42.2 Å². The first-order valence-electron chi connectivity index (χ1n) is 16.1. The summed E-state index contributed by atoms with van der Waals surface area (Å²) in [7, 11) is 0. The molecule has 270 valence electrons. The number of aliphatic carboxylic acids is 3. The Morgan fingerprint density at radius 1 is 1.04 bits per heavy atom. The second-order valence-corrected chi connectivity index (χ2v) is 13.1. The Labute approximate surface area is 284 Å². The lowest BCUT2D eigenvalue weighted by molar-refractivity contribution is -0.374. The minimum atomic E-state index is -3.90. The van der Waals surface area contributed by atoms with Crippen molar-refractivity contribution in [1.82, 2.24) is 0 Å². The molecule has 10 atom stereocenters. The molecule has 2 saturated heterocycles. The molecule has 0 radical (unpaired) electrons. The SMILES string of the molecule is C=C([13CH2]C[13C@]12O[C@H](C(=O)O)[C@@](O)(C(=O)O)[C@](C(=O)O)(O1)[13C@H](O[13C](=O)/C=[13CH]/[C@@H](C)[13CH2][C@@H](C)[13CH2]C)[C@H]2O)[13C@H](O[13C](C)=O)[C@H](C)Cc1ccccc1. The molecule has 14 heteroatoms. The van der Waals surface area contributed by atoms with E-state index in [4.69, 9.17) is 18.9 Å². The Balaban J connectivity index is 2.02. The predicted octanol–water partition coefficient (Wildman–Crippen LogP) is 2.88. The molecule has 2 aliphatic heterocycles. The lowest BCUT2D eigenvalue weighted by Crippen LogP contribution is -2.78. The van der Waals surface area contributed by atoms with Gasteiger partial charge < -0.3 is 44.5 Å². The van der Waals surface area contributed by atoms with Crippen LogP contribution in [0.3, 0.4) is 0 Å². The lowest BCUT2D eigenvalue weighted by atomic mass is 9.81. The van der Waals surface area contributed by atoms with Gasteiger partial charge in [0.25, 0.3) is 0 Å². The van der Waals surface area contributed by atoms with Crippen molar-refractivity contribution in [2.45, 2.75) is 108 Å². The van der Waals surface area contributed by atoms with Crippen molar-refractivity contribution in [3.05, 3.63) is 60.2 Å². The minimum Gasteiger partial charge on any atom is -0.479 e. The topological polar surface area (TPSA) is 223 Å². The third-order valence-corrected chi connectivity index (χ3v) is 9.29. The van der Waals surface area contributed by atoms with E-state index >= 15 is 0 Å². The molecule has 1 aromatic rings. The summed E-state index contributed by atoms with van der Waals surface area (Å²) in [6.45, 7) is 12.9. The third-order valence-electron chi connectivity index (χ3n) is 9.29. The molecule has 1 aromatic carbocycles. The summed E-state index contributed by atoms with van der Waals surface area (Å²) in [6, 6.07) is 9.29. The first-order valence-corrected chi connectivity index (χ1v) is 16.1. The number of aliphatic hydroxyl groups excluding tert-OH is 1. The highest BCUT2D eigenvalue weighted by molar-refractivity contribution is 5.98. The quantitative estimate of drug-likeness (QED) is 0.0683. The average molecular weight is 700 g/mol. The van der Waals surface area contributed by atoms with Gasteiger partial charge in [0, 0.05) is 25.3 Å². The molecule has 2 aliphatic rings. The van der Waals surface area contributed by atoms with E-state index in [1.54, 1.807) is 6.92 Å². The first-order chi connectivity index (χ1) is 22.9. The van der Waals surface area contributed by atoms with Gasteiger partial charge in [-0.2, -0.15) is 0 Å². The summed E-state index contributed by atoms with van der Waals surface area (Å²) >= 11 is 0.